The predicted molar refractivity (Wildman–Crippen MR) is 88.1 cm³/mol. The van der Waals surface area contributed by atoms with Gasteiger partial charge in [0.15, 0.2) is 0 Å². The standard InChI is InChI=1S/C17H23N3O4/c1-9(2)19-6-12(15(21)13(7-19)17(23)24)16(22)20-5-11(10-3-4-10)14(18)8-20/h6-7,9-11,14H,3-5,8,18H2,1-2H3,(H,23,24)/t11-,14+/m1/s1. The van der Waals surface area contributed by atoms with E-state index in [-0.39, 0.29) is 29.1 Å². The Hall–Kier alpha value is -2.15. The Labute approximate surface area is 140 Å². The van der Waals surface area contributed by atoms with Gasteiger partial charge in [0.25, 0.3) is 5.91 Å². The molecule has 1 aromatic heterocycles. The molecule has 0 spiro atoms. The van der Waals surface area contributed by atoms with E-state index in [1.54, 1.807) is 9.47 Å². The van der Waals surface area contributed by atoms with Crippen molar-refractivity contribution in [3.63, 3.8) is 0 Å². The van der Waals surface area contributed by atoms with Crippen LogP contribution in [0.5, 0.6) is 0 Å². The molecule has 130 valence electrons. The molecule has 3 rings (SSSR count). The maximum atomic E-state index is 12.8. The number of aromatic carboxylic acids is 1. The van der Waals surface area contributed by atoms with E-state index in [9.17, 15) is 19.5 Å². The van der Waals surface area contributed by atoms with Gasteiger partial charge >= 0.3 is 5.97 Å². The number of hydrogen-bond acceptors (Lipinski definition) is 4. The molecular formula is C17H23N3O4. The first-order valence-corrected chi connectivity index (χ1v) is 8.33. The number of pyridine rings is 1. The number of carbonyl (C=O) groups excluding carboxylic acids is 1. The Kier molecular flexibility index (Phi) is 4.21. The fourth-order valence-electron chi connectivity index (χ4n) is 3.41. The average Bonchev–Trinajstić information content (AvgIpc) is 3.28. The first kappa shape index (κ1) is 16.7. The number of carbonyl (C=O) groups is 2. The predicted octanol–water partition coefficient (Wildman–Crippen LogP) is 0.937. The van der Waals surface area contributed by atoms with Gasteiger partial charge in [-0.1, -0.05) is 0 Å². The molecular weight excluding hydrogens is 310 g/mol. The van der Waals surface area contributed by atoms with Crippen LogP contribution in [0, 0.1) is 11.8 Å². The molecule has 1 amide bonds. The Balaban J connectivity index is 1.94. The maximum absolute atomic E-state index is 12.8. The summed E-state index contributed by atoms with van der Waals surface area (Å²) < 4.78 is 1.59. The number of carboxylic acids is 1. The smallest absolute Gasteiger partial charge is 0.341 e. The highest BCUT2D eigenvalue weighted by atomic mass is 16.4. The maximum Gasteiger partial charge on any atom is 0.341 e. The Bertz CT molecular complexity index is 736. The van der Waals surface area contributed by atoms with Crippen molar-refractivity contribution in [2.24, 2.45) is 17.6 Å². The largest absolute Gasteiger partial charge is 0.477 e. The van der Waals surface area contributed by atoms with Gasteiger partial charge in [0.2, 0.25) is 5.43 Å². The monoisotopic (exact) mass is 333 g/mol. The van der Waals surface area contributed by atoms with Crippen LogP contribution in [0.2, 0.25) is 0 Å². The van der Waals surface area contributed by atoms with Crippen LogP contribution in [-0.4, -0.2) is 45.6 Å². The third kappa shape index (κ3) is 2.96. The number of likely N-dealkylation sites (tertiary alicyclic amines) is 1. The van der Waals surface area contributed by atoms with Crippen LogP contribution in [0.25, 0.3) is 0 Å². The van der Waals surface area contributed by atoms with Gasteiger partial charge in [-0.15, -0.1) is 0 Å². The first-order chi connectivity index (χ1) is 11.3. The van der Waals surface area contributed by atoms with E-state index in [4.69, 9.17) is 5.73 Å². The summed E-state index contributed by atoms with van der Waals surface area (Å²) in [6, 6.07) is -0.133. The Morgan fingerprint density at radius 1 is 1.21 bits per heavy atom. The first-order valence-electron chi connectivity index (χ1n) is 8.33. The Morgan fingerprint density at radius 3 is 2.38 bits per heavy atom. The van der Waals surface area contributed by atoms with Crippen molar-refractivity contribution in [3.8, 4) is 0 Å². The highest BCUT2D eigenvalue weighted by molar-refractivity contribution is 5.97. The van der Waals surface area contributed by atoms with Crippen molar-refractivity contribution >= 4 is 11.9 Å². The molecule has 1 saturated heterocycles. The zero-order chi connectivity index (χ0) is 17.6. The number of aromatic nitrogens is 1. The number of nitrogens with two attached hydrogens (primary N) is 1. The summed E-state index contributed by atoms with van der Waals surface area (Å²) in [7, 11) is 0. The SMILES string of the molecule is CC(C)n1cc(C(=O)O)c(=O)c(C(=O)N2C[C@H](C3CC3)[C@@H](N)C2)c1. The van der Waals surface area contributed by atoms with Crippen LogP contribution < -0.4 is 11.2 Å². The molecule has 2 heterocycles. The lowest BCUT2D eigenvalue weighted by molar-refractivity contribution is 0.0694. The molecule has 3 N–H and O–H groups in total. The highest BCUT2D eigenvalue weighted by Crippen LogP contribution is 2.41. The molecule has 7 nitrogen and oxygen atoms in total. The second kappa shape index (κ2) is 6.05. The van der Waals surface area contributed by atoms with Crippen LogP contribution in [0.1, 0.15) is 53.4 Å². The minimum atomic E-state index is -1.32. The van der Waals surface area contributed by atoms with Crippen molar-refractivity contribution in [2.75, 3.05) is 13.1 Å². The Morgan fingerprint density at radius 2 is 1.83 bits per heavy atom. The van der Waals surface area contributed by atoms with Crippen molar-refractivity contribution in [3.05, 3.63) is 33.7 Å². The van der Waals surface area contributed by atoms with Crippen LogP contribution in [0.15, 0.2) is 17.2 Å². The summed E-state index contributed by atoms with van der Waals surface area (Å²) in [6.45, 7) is 4.68. The summed E-state index contributed by atoms with van der Waals surface area (Å²) in [5, 5.41) is 9.25. The molecule has 2 aliphatic rings. The normalized spacial score (nSPS) is 23.8. The summed E-state index contributed by atoms with van der Waals surface area (Å²) in [5.74, 6) is -0.881. The van der Waals surface area contributed by atoms with E-state index in [2.05, 4.69) is 0 Å². The quantitative estimate of drug-likeness (QED) is 0.853. The van der Waals surface area contributed by atoms with Gasteiger partial charge in [-0.05, 0) is 38.5 Å². The molecule has 1 aliphatic carbocycles. The van der Waals surface area contributed by atoms with Gasteiger partial charge in [0, 0.05) is 37.6 Å². The highest BCUT2D eigenvalue weighted by Gasteiger charge is 2.42. The third-order valence-corrected chi connectivity index (χ3v) is 5.03. The number of nitrogens with zero attached hydrogens (tertiary/aromatic N) is 2. The molecule has 24 heavy (non-hydrogen) atoms. The van der Waals surface area contributed by atoms with E-state index < -0.39 is 17.3 Å². The number of rotatable bonds is 4. The van der Waals surface area contributed by atoms with Gasteiger partial charge < -0.3 is 20.3 Å². The molecule has 7 heteroatoms. The second-order valence-electron chi connectivity index (χ2n) is 7.14. The lowest BCUT2D eigenvalue weighted by Gasteiger charge is -2.18. The fraction of sp³-hybridized carbons (Fsp3) is 0.588. The molecule has 1 saturated carbocycles. The molecule has 0 aromatic carbocycles. The van der Waals surface area contributed by atoms with E-state index in [1.807, 2.05) is 13.8 Å². The zero-order valence-electron chi connectivity index (χ0n) is 13.9. The summed E-state index contributed by atoms with van der Waals surface area (Å²) in [6.07, 6.45) is 5.04. The molecule has 0 unspecified atom stereocenters. The molecule has 1 aliphatic heterocycles. The van der Waals surface area contributed by atoms with Crippen molar-refractivity contribution in [2.45, 2.75) is 38.8 Å². The summed E-state index contributed by atoms with van der Waals surface area (Å²) in [4.78, 5) is 38.2. The molecule has 0 radical (unpaired) electrons. The second-order valence-corrected chi connectivity index (χ2v) is 7.14. The molecule has 2 fully saturated rings. The van der Waals surface area contributed by atoms with Crippen molar-refractivity contribution < 1.29 is 14.7 Å². The number of hydrogen-bond donors (Lipinski definition) is 2. The van der Waals surface area contributed by atoms with Gasteiger partial charge in [0.1, 0.15) is 11.1 Å². The van der Waals surface area contributed by atoms with Gasteiger partial charge in [-0.25, -0.2) is 4.79 Å². The zero-order valence-corrected chi connectivity index (χ0v) is 13.9. The number of carboxylic acid groups (broad SMARTS) is 1. The third-order valence-electron chi connectivity index (χ3n) is 5.03. The molecule has 1 aromatic rings. The minimum absolute atomic E-state index is 0.0599. The van der Waals surface area contributed by atoms with Crippen molar-refractivity contribution in [1.29, 1.82) is 0 Å². The minimum Gasteiger partial charge on any atom is -0.477 e. The van der Waals surface area contributed by atoms with Crippen LogP contribution in [0.3, 0.4) is 0 Å². The van der Waals surface area contributed by atoms with E-state index in [1.165, 1.54) is 12.4 Å². The van der Waals surface area contributed by atoms with Gasteiger partial charge in [-0.2, -0.15) is 0 Å². The lowest BCUT2D eigenvalue weighted by Crippen LogP contribution is -2.36. The molecule has 2 atom stereocenters. The van der Waals surface area contributed by atoms with Crippen molar-refractivity contribution in [1.82, 2.24) is 9.47 Å². The summed E-state index contributed by atoms with van der Waals surface area (Å²) >= 11 is 0. The van der Waals surface area contributed by atoms with E-state index in [0.29, 0.717) is 19.0 Å². The number of amides is 1. The lowest BCUT2D eigenvalue weighted by atomic mass is 9.99. The van der Waals surface area contributed by atoms with Crippen LogP contribution in [-0.2, 0) is 0 Å². The molecule has 0 bridgehead atoms. The van der Waals surface area contributed by atoms with Gasteiger partial charge in [0.05, 0.1) is 0 Å². The average molecular weight is 333 g/mol. The van der Waals surface area contributed by atoms with Crippen LogP contribution >= 0.6 is 0 Å². The van der Waals surface area contributed by atoms with Crippen LogP contribution in [0.4, 0.5) is 0 Å². The fourth-order valence-corrected chi connectivity index (χ4v) is 3.41. The van der Waals surface area contributed by atoms with Gasteiger partial charge in [-0.3, -0.25) is 9.59 Å². The summed E-state index contributed by atoms with van der Waals surface area (Å²) in [5.41, 5.74) is 4.95. The van der Waals surface area contributed by atoms with E-state index >= 15 is 0 Å². The topological polar surface area (TPSA) is 106 Å². The van der Waals surface area contributed by atoms with E-state index in [0.717, 1.165) is 12.8 Å².